The fraction of sp³-hybridized carbons (Fsp3) is 0.710. The molecule has 0 N–H and O–H groups in total. The molecule has 1 fully saturated rings. The molecule has 1 aliphatic carbocycles. The van der Waals surface area contributed by atoms with Crippen LogP contribution in [0.3, 0.4) is 0 Å². The van der Waals surface area contributed by atoms with Crippen LogP contribution in [0.1, 0.15) is 76.7 Å². The highest BCUT2D eigenvalue weighted by molar-refractivity contribution is 5.70. The van der Waals surface area contributed by atoms with Gasteiger partial charge in [-0.2, -0.15) is 0 Å². The number of rotatable bonds is 14. The van der Waals surface area contributed by atoms with Crippen molar-refractivity contribution in [1.82, 2.24) is 9.80 Å². The Labute approximate surface area is 235 Å². The molecule has 3 atom stereocenters. The largest absolute Gasteiger partial charge is 0.510 e. The van der Waals surface area contributed by atoms with Crippen LogP contribution in [0.5, 0.6) is 0 Å². The molecule has 1 aromatic rings. The van der Waals surface area contributed by atoms with Gasteiger partial charge in [-0.3, -0.25) is 4.79 Å². The fourth-order valence-corrected chi connectivity index (χ4v) is 6.42. The van der Waals surface area contributed by atoms with Crippen LogP contribution >= 0.6 is 0 Å². The summed E-state index contributed by atoms with van der Waals surface area (Å²) in [5.74, 6) is 0.841. The van der Waals surface area contributed by atoms with Crippen molar-refractivity contribution in [1.29, 1.82) is 0 Å². The van der Waals surface area contributed by atoms with Crippen molar-refractivity contribution < 1.29 is 23.8 Å². The second-order valence-corrected chi connectivity index (χ2v) is 11.4. The Morgan fingerprint density at radius 2 is 1.82 bits per heavy atom. The highest BCUT2D eigenvalue weighted by Gasteiger charge is 2.50. The molecule has 0 radical (unpaired) electrons. The van der Waals surface area contributed by atoms with Gasteiger partial charge in [0.25, 0.3) is 0 Å². The van der Waals surface area contributed by atoms with Crippen LogP contribution in [0.2, 0.25) is 0 Å². The van der Waals surface area contributed by atoms with E-state index in [4.69, 9.17) is 19.2 Å². The third-order valence-corrected chi connectivity index (χ3v) is 8.68. The first-order chi connectivity index (χ1) is 18.8. The molecule has 39 heavy (non-hydrogen) atoms. The van der Waals surface area contributed by atoms with Crippen molar-refractivity contribution in [2.24, 2.45) is 16.8 Å². The number of nitrogens with zero attached hydrogens (tertiary/aromatic N) is 3. The van der Waals surface area contributed by atoms with Gasteiger partial charge in [-0.05, 0) is 70.0 Å². The number of unbranched alkanes of at least 4 members (excludes halogenated alkanes) is 1. The van der Waals surface area contributed by atoms with Crippen LogP contribution in [-0.4, -0.2) is 80.9 Å². The van der Waals surface area contributed by atoms with Gasteiger partial charge < -0.3 is 24.0 Å². The maximum Gasteiger partial charge on any atom is 0.510 e. The summed E-state index contributed by atoms with van der Waals surface area (Å²) in [5, 5.41) is 0. The van der Waals surface area contributed by atoms with E-state index in [1.165, 1.54) is 32.6 Å². The molecular formula is C31H49N3O5. The number of carbonyl (C=O) groups excluding carboxylic acids is 2. The van der Waals surface area contributed by atoms with Crippen molar-refractivity contribution in [3.8, 4) is 0 Å². The van der Waals surface area contributed by atoms with Crippen molar-refractivity contribution in [3.05, 3.63) is 35.9 Å². The van der Waals surface area contributed by atoms with E-state index < -0.39 is 11.9 Å². The monoisotopic (exact) mass is 543 g/mol. The third kappa shape index (κ3) is 8.69. The molecule has 0 spiro atoms. The first kappa shape index (κ1) is 30.9. The molecular weight excluding hydrogens is 494 g/mol. The number of hydrogen-bond donors (Lipinski definition) is 0. The molecule has 0 amide bonds. The summed E-state index contributed by atoms with van der Waals surface area (Å²) in [4.78, 5) is 33.7. The van der Waals surface area contributed by atoms with Gasteiger partial charge in [-0.15, -0.1) is 0 Å². The van der Waals surface area contributed by atoms with Gasteiger partial charge in [-0.1, -0.05) is 56.5 Å². The number of esters is 1. The fourth-order valence-electron chi connectivity index (χ4n) is 6.42. The zero-order valence-electron chi connectivity index (χ0n) is 24.6. The first-order valence-electron chi connectivity index (χ1n) is 14.7. The lowest BCUT2D eigenvalue weighted by Gasteiger charge is -2.41. The molecule has 0 bridgehead atoms. The molecule has 1 aromatic carbocycles. The summed E-state index contributed by atoms with van der Waals surface area (Å²) in [6.07, 6.45) is 11.3. The van der Waals surface area contributed by atoms with E-state index in [-0.39, 0.29) is 24.9 Å². The number of aryl methyl sites for hydroxylation is 1. The number of aliphatic imine (C=N–C) groups is 1. The molecule has 2 aliphatic rings. The second-order valence-electron chi connectivity index (χ2n) is 11.4. The molecule has 1 saturated carbocycles. The van der Waals surface area contributed by atoms with E-state index in [0.29, 0.717) is 17.9 Å². The van der Waals surface area contributed by atoms with Gasteiger partial charge >= 0.3 is 12.1 Å². The van der Waals surface area contributed by atoms with E-state index >= 15 is 0 Å². The summed E-state index contributed by atoms with van der Waals surface area (Å²) in [6, 6.07) is 11.2. The number of carbonyl (C=O) groups is 2. The van der Waals surface area contributed by atoms with E-state index in [0.717, 1.165) is 51.5 Å². The molecule has 0 aromatic heterocycles. The number of benzene rings is 1. The number of methoxy groups -OCH3 is 2. The van der Waals surface area contributed by atoms with Gasteiger partial charge in [0.15, 0.2) is 0 Å². The SMILES string of the molecule is CCCCN1C=NC(CCC(=O)OC)(OC(=O)OC)C1CC1CCC(C(CCc2ccccc2)N(C)C)CC1. The second kappa shape index (κ2) is 15.2. The van der Waals surface area contributed by atoms with Gasteiger partial charge in [0.1, 0.15) is 0 Å². The summed E-state index contributed by atoms with van der Waals surface area (Å²) >= 11 is 0. The third-order valence-electron chi connectivity index (χ3n) is 8.68. The lowest BCUT2D eigenvalue weighted by atomic mass is 9.74. The van der Waals surface area contributed by atoms with Gasteiger partial charge in [0, 0.05) is 19.0 Å². The maximum atomic E-state index is 12.3. The number of ether oxygens (including phenoxy) is 3. The molecule has 0 saturated heterocycles. The van der Waals surface area contributed by atoms with Gasteiger partial charge in [0.2, 0.25) is 5.72 Å². The van der Waals surface area contributed by atoms with Gasteiger partial charge in [0.05, 0.1) is 33.0 Å². The Balaban J connectivity index is 1.68. The minimum Gasteiger partial charge on any atom is -0.469 e. The van der Waals surface area contributed by atoms with Crippen molar-refractivity contribution in [2.75, 3.05) is 34.9 Å². The topological polar surface area (TPSA) is 80.7 Å². The first-order valence-corrected chi connectivity index (χ1v) is 14.7. The van der Waals surface area contributed by atoms with E-state index in [1.807, 2.05) is 6.34 Å². The van der Waals surface area contributed by atoms with Crippen molar-refractivity contribution in [2.45, 2.75) is 95.4 Å². The summed E-state index contributed by atoms with van der Waals surface area (Å²) in [7, 11) is 7.10. The lowest BCUT2D eigenvalue weighted by Crippen LogP contribution is -2.50. The predicted molar refractivity (Wildman–Crippen MR) is 154 cm³/mol. The highest BCUT2D eigenvalue weighted by Crippen LogP contribution is 2.41. The lowest BCUT2D eigenvalue weighted by molar-refractivity contribution is -0.143. The highest BCUT2D eigenvalue weighted by atomic mass is 16.7. The van der Waals surface area contributed by atoms with Crippen LogP contribution in [0.25, 0.3) is 0 Å². The molecule has 8 heteroatoms. The quantitative estimate of drug-likeness (QED) is 0.279. The Bertz CT molecular complexity index is 916. The van der Waals surface area contributed by atoms with E-state index in [2.05, 4.69) is 61.2 Å². The van der Waals surface area contributed by atoms with Crippen LogP contribution in [0.4, 0.5) is 4.79 Å². The van der Waals surface area contributed by atoms with E-state index in [1.54, 1.807) is 0 Å². The maximum absolute atomic E-state index is 12.3. The Morgan fingerprint density at radius 1 is 1.10 bits per heavy atom. The minimum absolute atomic E-state index is 0.127. The zero-order valence-corrected chi connectivity index (χ0v) is 24.6. The van der Waals surface area contributed by atoms with E-state index in [9.17, 15) is 9.59 Å². The molecule has 8 nitrogen and oxygen atoms in total. The Kier molecular flexibility index (Phi) is 12.1. The Hall–Kier alpha value is -2.61. The molecule has 3 unspecified atom stereocenters. The van der Waals surface area contributed by atoms with Crippen LogP contribution in [0.15, 0.2) is 35.3 Å². The molecule has 3 rings (SSSR count). The molecule has 218 valence electrons. The predicted octanol–water partition coefficient (Wildman–Crippen LogP) is 5.69. The van der Waals surface area contributed by atoms with Crippen molar-refractivity contribution in [3.63, 3.8) is 0 Å². The van der Waals surface area contributed by atoms with Crippen LogP contribution < -0.4 is 0 Å². The minimum atomic E-state index is -1.15. The normalized spacial score (nSPS) is 25.5. The number of hydrogen-bond acceptors (Lipinski definition) is 8. The standard InChI is InChI=1S/C31H49N3O5/c1-6-7-21-34-23-32-31(39-30(36)38-5,20-19-29(35)37-4)28(34)22-25-13-16-26(17-14-25)27(33(2)3)18-15-24-11-9-8-10-12-24/h8-12,23,25-28H,6-7,13-22H2,1-5H3. The molecule has 1 heterocycles. The van der Waals surface area contributed by atoms with Gasteiger partial charge in [-0.25, -0.2) is 9.79 Å². The Morgan fingerprint density at radius 3 is 2.44 bits per heavy atom. The summed E-state index contributed by atoms with van der Waals surface area (Å²) in [5.41, 5.74) is 0.258. The summed E-state index contributed by atoms with van der Waals surface area (Å²) in [6.45, 7) is 3.00. The van der Waals surface area contributed by atoms with Crippen molar-refractivity contribution >= 4 is 18.5 Å². The average Bonchev–Trinajstić information content (AvgIpc) is 3.28. The molecule has 1 aliphatic heterocycles. The summed E-state index contributed by atoms with van der Waals surface area (Å²) < 4.78 is 15.6. The van der Waals surface area contributed by atoms with Crippen LogP contribution in [0, 0.1) is 11.8 Å². The zero-order chi connectivity index (χ0) is 28.3. The smallest absolute Gasteiger partial charge is 0.469 e. The van der Waals surface area contributed by atoms with Crippen LogP contribution in [-0.2, 0) is 25.4 Å². The average molecular weight is 544 g/mol.